The number of benzene rings is 1. The summed E-state index contributed by atoms with van der Waals surface area (Å²) in [7, 11) is 0. The summed E-state index contributed by atoms with van der Waals surface area (Å²) in [4.78, 5) is 11.7. The van der Waals surface area contributed by atoms with Crippen LogP contribution in [0.5, 0.6) is 0 Å². The smallest absolute Gasteiger partial charge is 0.220 e. The molecule has 1 fully saturated rings. The molecule has 1 amide bonds. The molecule has 1 aliphatic rings. The molecule has 110 valence electrons. The van der Waals surface area contributed by atoms with E-state index in [9.17, 15) is 4.79 Å². The first-order valence-electron chi connectivity index (χ1n) is 6.90. The summed E-state index contributed by atoms with van der Waals surface area (Å²) < 4.78 is 5.26. The van der Waals surface area contributed by atoms with Crippen molar-refractivity contribution in [2.24, 2.45) is 5.92 Å². The first kappa shape index (κ1) is 15.7. The average molecular weight is 314 g/mol. The van der Waals surface area contributed by atoms with Gasteiger partial charge in [0.15, 0.2) is 0 Å². The largest absolute Gasteiger partial charge is 0.381 e. The predicted molar refractivity (Wildman–Crippen MR) is 84.2 cm³/mol. The average Bonchev–Trinajstić information content (AvgIpc) is 2.91. The van der Waals surface area contributed by atoms with Crippen molar-refractivity contribution in [2.75, 3.05) is 25.5 Å². The minimum Gasteiger partial charge on any atom is -0.381 e. The number of hydrogen-bond acceptors (Lipinski definition) is 3. The van der Waals surface area contributed by atoms with Crippen molar-refractivity contribution >= 4 is 29.3 Å². The van der Waals surface area contributed by atoms with Gasteiger partial charge in [-0.25, -0.2) is 0 Å². The fourth-order valence-electron chi connectivity index (χ4n) is 2.16. The second kappa shape index (κ2) is 8.55. The Hall–Kier alpha value is -0.710. The molecule has 0 saturated carbocycles. The molecule has 3 nitrogen and oxygen atoms in total. The molecule has 0 aliphatic carbocycles. The van der Waals surface area contributed by atoms with E-state index in [1.54, 1.807) is 11.8 Å². The number of hydrogen-bond donors (Lipinski definition) is 1. The lowest BCUT2D eigenvalue weighted by Gasteiger charge is -2.08. The minimum atomic E-state index is 0.142. The van der Waals surface area contributed by atoms with Gasteiger partial charge in [-0.1, -0.05) is 23.7 Å². The molecule has 5 heteroatoms. The maximum Gasteiger partial charge on any atom is 0.220 e. The number of thioether (sulfide) groups is 1. The van der Waals surface area contributed by atoms with Crippen LogP contribution in [0.2, 0.25) is 5.02 Å². The summed E-state index contributed by atoms with van der Waals surface area (Å²) in [5, 5.41) is 3.74. The lowest BCUT2D eigenvalue weighted by Crippen LogP contribution is -2.27. The van der Waals surface area contributed by atoms with Crippen LogP contribution < -0.4 is 5.32 Å². The maximum atomic E-state index is 11.7. The van der Waals surface area contributed by atoms with Crippen LogP contribution >= 0.6 is 23.4 Å². The molecule has 0 aromatic heterocycles. The van der Waals surface area contributed by atoms with Gasteiger partial charge in [-0.15, -0.1) is 0 Å². The van der Waals surface area contributed by atoms with Gasteiger partial charge in [0.1, 0.15) is 0 Å². The van der Waals surface area contributed by atoms with Crippen molar-refractivity contribution in [3.63, 3.8) is 0 Å². The Balaban J connectivity index is 1.53. The lowest BCUT2D eigenvalue weighted by molar-refractivity contribution is -0.121. The number of halogens is 1. The van der Waals surface area contributed by atoms with Gasteiger partial charge in [0, 0.05) is 42.7 Å². The Morgan fingerprint density at radius 1 is 1.50 bits per heavy atom. The molecule has 0 unspecified atom stereocenters. The molecule has 20 heavy (non-hydrogen) atoms. The monoisotopic (exact) mass is 313 g/mol. The van der Waals surface area contributed by atoms with Gasteiger partial charge in [-0.3, -0.25) is 4.79 Å². The van der Waals surface area contributed by atoms with Crippen LogP contribution in [-0.2, 0) is 15.3 Å². The zero-order valence-corrected chi connectivity index (χ0v) is 13.0. The summed E-state index contributed by atoms with van der Waals surface area (Å²) >= 11 is 7.73. The van der Waals surface area contributed by atoms with Crippen molar-refractivity contribution < 1.29 is 9.53 Å². The van der Waals surface area contributed by atoms with Crippen LogP contribution in [0.25, 0.3) is 0 Å². The molecule has 0 radical (unpaired) electrons. The molecule has 0 spiro atoms. The first-order chi connectivity index (χ1) is 9.74. The second-order valence-electron chi connectivity index (χ2n) is 4.97. The highest BCUT2D eigenvalue weighted by Gasteiger charge is 2.18. The molecule has 2 rings (SSSR count). The predicted octanol–water partition coefficient (Wildman–Crippen LogP) is 3.12. The Morgan fingerprint density at radius 2 is 2.40 bits per heavy atom. The Labute approximate surface area is 129 Å². The van der Waals surface area contributed by atoms with Crippen LogP contribution in [0.15, 0.2) is 24.3 Å². The third-order valence-electron chi connectivity index (χ3n) is 3.22. The van der Waals surface area contributed by atoms with Gasteiger partial charge >= 0.3 is 0 Å². The number of carbonyl (C=O) groups excluding carboxylic acids is 1. The zero-order valence-electron chi connectivity index (χ0n) is 11.4. The van der Waals surface area contributed by atoms with E-state index in [1.807, 2.05) is 18.2 Å². The Kier molecular flexibility index (Phi) is 6.70. The highest BCUT2D eigenvalue weighted by atomic mass is 35.5. The summed E-state index contributed by atoms with van der Waals surface area (Å²) in [5.41, 5.74) is 1.22. The van der Waals surface area contributed by atoms with E-state index < -0.39 is 0 Å². The highest BCUT2D eigenvalue weighted by molar-refractivity contribution is 7.98. The number of ether oxygens (including phenoxy) is 1. The normalized spacial score (nSPS) is 18.1. The van der Waals surface area contributed by atoms with Gasteiger partial charge in [-0.2, -0.15) is 11.8 Å². The molecule has 1 aliphatic heterocycles. The van der Waals surface area contributed by atoms with E-state index >= 15 is 0 Å². The zero-order chi connectivity index (χ0) is 14.2. The number of carbonyl (C=O) groups is 1. The quantitative estimate of drug-likeness (QED) is 0.786. The number of rotatable bonds is 7. The molecule has 0 bridgehead atoms. The van der Waals surface area contributed by atoms with Crippen molar-refractivity contribution in [3.05, 3.63) is 34.9 Å². The SMILES string of the molecule is O=C(C[C@@H]1CCOC1)NCCSCc1cccc(Cl)c1. The second-order valence-corrected chi connectivity index (χ2v) is 6.51. The van der Waals surface area contributed by atoms with E-state index in [0.29, 0.717) is 12.3 Å². The first-order valence-corrected chi connectivity index (χ1v) is 8.44. The van der Waals surface area contributed by atoms with Gasteiger partial charge in [-0.05, 0) is 30.0 Å². The molecule has 1 N–H and O–H groups in total. The molecule has 1 atom stereocenters. The van der Waals surface area contributed by atoms with Gasteiger partial charge in [0.2, 0.25) is 5.91 Å². The molecule has 1 aromatic rings. The molecule has 1 aromatic carbocycles. The molecule has 1 heterocycles. The number of nitrogens with one attached hydrogen (secondary N) is 1. The van der Waals surface area contributed by atoms with E-state index in [4.69, 9.17) is 16.3 Å². The van der Waals surface area contributed by atoms with Crippen LogP contribution in [0, 0.1) is 5.92 Å². The van der Waals surface area contributed by atoms with Crippen molar-refractivity contribution in [1.29, 1.82) is 0 Å². The van der Waals surface area contributed by atoms with E-state index in [-0.39, 0.29) is 5.91 Å². The van der Waals surface area contributed by atoms with Crippen LogP contribution in [-0.4, -0.2) is 31.4 Å². The molecular weight excluding hydrogens is 294 g/mol. The highest BCUT2D eigenvalue weighted by Crippen LogP contribution is 2.17. The van der Waals surface area contributed by atoms with Crippen LogP contribution in [0.1, 0.15) is 18.4 Å². The third kappa shape index (κ3) is 5.73. The molecular formula is C15H20ClNO2S. The molecule has 1 saturated heterocycles. The Bertz CT molecular complexity index is 436. The fourth-order valence-corrected chi connectivity index (χ4v) is 3.18. The minimum absolute atomic E-state index is 0.142. The van der Waals surface area contributed by atoms with Crippen molar-refractivity contribution in [2.45, 2.75) is 18.6 Å². The fraction of sp³-hybridized carbons (Fsp3) is 0.533. The number of amides is 1. The Morgan fingerprint density at radius 3 is 3.15 bits per heavy atom. The van der Waals surface area contributed by atoms with Gasteiger partial charge in [0.25, 0.3) is 0 Å². The van der Waals surface area contributed by atoms with Gasteiger partial charge in [0.05, 0.1) is 0 Å². The van der Waals surface area contributed by atoms with Gasteiger partial charge < -0.3 is 10.1 Å². The van der Waals surface area contributed by atoms with Crippen molar-refractivity contribution in [1.82, 2.24) is 5.32 Å². The van der Waals surface area contributed by atoms with E-state index in [1.165, 1.54) is 5.56 Å². The maximum absolute atomic E-state index is 11.7. The summed E-state index contributed by atoms with van der Waals surface area (Å²) in [6, 6.07) is 7.89. The van der Waals surface area contributed by atoms with Crippen molar-refractivity contribution in [3.8, 4) is 0 Å². The summed E-state index contributed by atoms with van der Waals surface area (Å²) in [6.07, 6.45) is 1.61. The van der Waals surface area contributed by atoms with E-state index in [2.05, 4.69) is 11.4 Å². The van der Waals surface area contributed by atoms with E-state index in [0.717, 1.165) is 42.7 Å². The topological polar surface area (TPSA) is 38.3 Å². The third-order valence-corrected chi connectivity index (χ3v) is 4.49. The van der Waals surface area contributed by atoms with Crippen LogP contribution in [0.4, 0.5) is 0 Å². The standard InChI is InChI=1S/C15H20ClNO2S/c16-14-3-1-2-13(8-14)11-20-7-5-17-15(18)9-12-4-6-19-10-12/h1-3,8,12H,4-7,9-11H2,(H,17,18)/t12-/m0/s1. The summed E-state index contributed by atoms with van der Waals surface area (Å²) in [5.74, 6) is 2.39. The summed E-state index contributed by atoms with van der Waals surface area (Å²) in [6.45, 7) is 2.25. The van der Waals surface area contributed by atoms with Crippen LogP contribution in [0.3, 0.4) is 0 Å². The lowest BCUT2D eigenvalue weighted by atomic mass is 10.1.